The molecule has 0 aliphatic heterocycles. The van der Waals surface area contributed by atoms with Crippen molar-refractivity contribution in [3.63, 3.8) is 0 Å². The van der Waals surface area contributed by atoms with Crippen LogP contribution in [0.3, 0.4) is 0 Å². The number of hydrogen-bond acceptors (Lipinski definition) is 2. The van der Waals surface area contributed by atoms with Crippen LogP contribution >= 0.6 is 0 Å². The summed E-state index contributed by atoms with van der Waals surface area (Å²) in [5.74, 6) is 3.08. The molecule has 16 heavy (non-hydrogen) atoms. The van der Waals surface area contributed by atoms with Gasteiger partial charge < -0.3 is 14.7 Å². The molecule has 0 heterocycles. The lowest BCUT2D eigenvalue weighted by atomic mass is 10.0. The molecule has 1 aromatic carbocycles. The Balaban J connectivity index is 2.88. The first kappa shape index (κ1) is 12.1. The van der Waals surface area contributed by atoms with Gasteiger partial charge in [0.25, 0.3) is 6.04 Å². The van der Waals surface area contributed by atoms with E-state index in [0.717, 1.165) is 11.3 Å². The van der Waals surface area contributed by atoms with E-state index in [1.165, 1.54) is 0 Å². The van der Waals surface area contributed by atoms with Crippen LogP contribution in [0, 0.1) is 18.9 Å². The first-order valence-electron chi connectivity index (χ1n) is 4.85. The smallest absolute Gasteiger partial charge is 0.275 e. The average Bonchev–Trinajstić information content (AvgIpc) is 2.31. The van der Waals surface area contributed by atoms with Crippen molar-refractivity contribution in [1.29, 1.82) is 0 Å². The van der Waals surface area contributed by atoms with Crippen molar-refractivity contribution in [2.24, 2.45) is 0 Å². The van der Waals surface area contributed by atoms with Gasteiger partial charge in [-0.15, -0.1) is 12.3 Å². The van der Waals surface area contributed by atoms with Crippen molar-refractivity contribution < 1.29 is 9.84 Å². The molecular weight excluding hydrogens is 202 g/mol. The van der Waals surface area contributed by atoms with Crippen molar-refractivity contribution in [3.8, 4) is 18.1 Å². The van der Waals surface area contributed by atoms with Gasteiger partial charge >= 0.3 is 0 Å². The number of aliphatic hydroxyl groups is 1. The Hall–Kier alpha value is -1.97. The van der Waals surface area contributed by atoms with E-state index in [2.05, 4.69) is 10.8 Å². The summed E-state index contributed by atoms with van der Waals surface area (Å²) in [7, 11) is 1.58. The highest BCUT2D eigenvalue weighted by atomic mass is 16.5. The Kier molecular flexibility index (Phi) is 4.39. The van der Waals surface area contributed by atoms with E-state index < -0.39 is 12.1 Å². The fourth-order valence-electron chi connectivity index (χ4n) is 1.42. The minimum Gasteiger partial charge on any atom is -0.497 e. The van der Waals surface area contributed by atoms with Crippen LogP contribution < -0.4 is 4.74 Å². The van der Waals surface area contributed by atoms with Gasteiger partial charge in [0.2, 0.25) is 0 Å². The summed E-state index contributed by atoms with van der Waals surface area (Å²) in [4.78, 5) is 3.40. The summed E-state index contributed by atoms with van der Waals surface area (Å²) in [5, 5.41) is 9.70. The molecule has 0 amide bonds. The maximum absolute atomic E-state index is 9.70. The van der Waals surface area contributed by atoms with E-state index in [4.69, 9.17) is 17.7 Å². The van der Waals surface area contributed by atoms with Crippen molar-refractivity contribution in [2.75, 3.05) is 7.11 Å². The van der Waals surface area contributed by atoms with Crippen LogP contribution in [0.5, 0.6) is 5.75 Å². The predicted octanol–water partition coefficient (Wildman–Crippen LogP) is 2.04. The van der Waals surface area contributed by atoms with E-state index in [-0.39, 0.29) is 6.42 Å². The fraction of sp³-hybridized carbons (Fsp3) is 0.308. The topological polar surface area (TPSA) is 33.8 Å². The van der Waals surface area contributed by atoms with Gasteiger partial charge in [0.15, 0.2) is 0 Å². The van der Waals surface area contributed by atoms with E-state index in [1.54, 1.807) is 31.4 Å². The molecule has 0 saturated heterocycles. The molecule has 0 spiro atoms. The lowest BCUT2D eigenvalue weighted by Crippen LogP contribution is -2.14. The van der Waals surface area contributed by atoms with Gasteiger partial charge in [-0.3, -0.25) is 0 Å². The van der Waals surface area contributed by atoms with Crippen molar-refractivity contribution in [3.05, 3.63) is 41.2 Å². The molecule has 0 radical (unpaired) electrons. The molecule has 0 bridgehead atoms. The van der Waals surface area contributed by atoms with Crippen LogP contribution in [0.1, 0.15) is 18.0 Å². The van der Waals surface area contributed by atoms with Crippen LogP contribution in [-0.2, 0) is 0 Å². The summed E-state index contributed by atoms with van der Waals surface area (Å²) >= 11 is 0. The highest BCUT2D eigenvalue weighted by Crippen LogP contribution is 2.25. The number of benzene rings is 1. The van der Waals surface area contributed by atoms with Crippen molar-refractivity contribution in [2.45, 2.75) is 18.6 Å². The molecule has 0 aliphatic rings. The van der Waals surface area contributed by atoms with E-state index >= 15 is 0 Å². The quantitative estimate of drug-likeness (QED) is 0.616. The number of hydrogen-bond donors (Lipinski definition) is 1. The maximum Gasteiger partial charge on any atom is 0.275 e. The summed E-state index contributed by atoms with van der Waals surface area (Å²) in [6.45, 7) is 7.07. The van der Waals surface area contributed by atoms with Crippen LogP contribution in [-0.4, -0.2) is 18.3 Å². The monoisotopic (exact) mass is 215 g/mol. The van der Waals surface area contributed by atoms with Gasteiger partial charge in [0, 0.05) is 12.0 Å². The Morgan fingerprint density at radius 2 is 2.12 bits per heavy atom. The Morgan fingerprint density at radius 1 is 1.50 bits per heavy atom. The summed E-state index contributed by atoms with van der Waals surface area (Å²) in [5.41, 5.74) is 0.749. The largest absolute Gasteiger partial charge is 0.497 e. The van der Waals surface area contributed by atoms with Gasteiger partial charge in [-0.25, -0.2) is 6.57 Å². The predicted molar refractivity (Wildman–Crippen MR) is 61.8 cm³/mol. The van der Waals surface area contributed by atoms with Gasteiger partial charge in [0.05, 0.1) is 7.11 Å². The molecule has 1 aromatic rings. The fourth-order valence-corrected chi connectivity index (χ4v) is 1.42. The normalized spacial score (nSPS) is 13.2. The molecule has 3 nitrogen and oxygen atoms in total. The SMILES string of the molecule is [C-]#[N+]C(c1ccc(OC)cc1)C(O)CC#C. The maximum atomic E-state index is 9.70. The zero-order chi connectivity index (χ0) is 12.0. The lowest BCUT2D eigenvalue weighted by Gasteiger charge is -2.11. The second-order valence-corrected chi connectivity index (χ2v) is 3.32. The number of methoxy groups -OCH3 is 1. The van der Waals surface area contributed by atoms with Gasteiger partial charge in [-0.05, 0) is 24.3 Å². The first-order chi connectivity index (χ1) is 7.72. The molecule has 2 atom stereocenters. The molecule has 0 saturated carbocycles. The molecule has 1 N–H and O–H groups in total. The van der Waals surface area contributed by atoms with Crippen LogP contribution in [0.25, 0.3) is 4.85 Å². The second-order valence-electron chi connectivity index (χ2n) is 3.32. The zero-order valence-electron chi connectivity index (χ0n) is 9.05. The third-order valence-electron chi connectivity index (χ3n) is 2.29. The molecule has 1 rings (SSSR count). The summed E-state index contributed by atoms with van der Waals surface area (Å²) in [6, 6.07) is 6.44. The van der Waals surface area contributed by atoms with Crippen LogP contribution in [0.15, 0.2) is 24.3 Å². The molecule has 0 aliphatic carbocycles. The van der Waals surface area contributed by atoms with Gasteiger partial charge in [0.1, 0.15) is 11.9 Å². The minimum atomic E-state index is -0.823. The minimum absolute atomic E-state index is 0.180. The summed E-state index contributed by atoms with van der Waals surface area (Å²) < 4.78 is 5.02. The van der Waals surface area contributed by atoms with Crippen LogP contribution in [0.4, 0.5) is 0 Å². The molecule has 0 fully saturated rings. The van der Waals surface area contributed by atoms with Crippen molar-refractivity contribution >= 4 is 0 Å². The molecule has 3 heteroatoms. The van der Waals surface area contributed by atoms with Gasteiger partial charge in [-0.1, -0.05) is 0 Å². The third kappa shape index (κ3) is 2.76. The third-order valence-corrected chi connectivity index (χ3v) is 2.29. The highest BCUT2D eigenvalue weighted by Gasteiger charge is 2.25. The Bertz CT molecular complexity index is 411. The number of nitrogens with zero attached hydrogens (tertiary/aromatic N) is 1. The number of ether oxygens (including phenoxy) is 1. The Labute approximate surface area is 95.5 Å². The standard InChI is InChI=1S/C13H13NO2/c1-4-5-12(15)13(14-2)10-6-8-11(16-3)9-7-10/h1,6-9,12-13,15H,5H2,3H3. The number of rotatable bonds is 4. The highest BCUT2D eigenvalue weighted by molar-refractivity contribution is 5.31. The second kappa shape index (κ2) is 5.80. The molecular formula is C13H13NO2. The van der Waals surface area contributed by atoms with Crippen LogP contribution in [0.2, 0.25) is 0 Å². The van der Waals surface area contributed by atoms with E-state index in [0.29, 0.717) is 0 Å². The zero-order valence-corrected chi connectivity index (χ0v) is 9.05. The lowest BCUT2D eigenvalue weighted by molar-refractivity contribution is 0.163. The molecule has 82 valence electrons. The van der Waals surface area contributed by atoms with E-state index in [1.807, 2.05) is 0 Å². The molecule has 2 unspecified atom stereocenters. The Morgan fingerprint density at radius 3 is 2.56 bits per heavy atom. The first-order valence-corrected chi connectivity index (χ1v) is 4.85. The van der Waals surface area contributed by atoms with E-state index in [9.17, 15) is 5.11 Å². The van der Waals surface area contributed by atoms with Gasteiger partial charge in [-0.2, -0.15) is 0 Å². The average molecular weight is 215 g/mol. The summed E-state index contributed by atoms with van der Waals surface area (Å²) in [6.07, 6.45) is 4.47. The number of terminal acetylenes is 1. The number of aliphatic hydroxyl groups excluding tert-OH is 1. The molecule has 0 aromatic heterocycles. The van der Waals surface area contributed by atoms with Crippen molar-refractivity contribution in [1.82, 2.24) is 0 Å².